The fraction of sp³-hybridized carbons (Fsp3) is 0.848. The van der Waals surface area contributed by atoms with Crippen LogP contribution in [0.1, 0.15) is 118 Å². The molecule has 4 aliphatic carbocycles. The lowest BCUT2D eigenvalue weighted by Gasteiger charge is -2.58. The molecule has 0 aromatic rings. The molecule has 4 aliphatic rings. The average molecular weight is 544 g/mol. The van der Waals surface area contributed by atoms with Crippen molar-refractivity contribution in [3.8, 4) is 0 Å². The van der Waals surface area contributed by atoms with Gasteiger partial charge in [-0.25, -0.2) is 0 Å². The van der Waals surface area contributed by atoms with Crippen molar-refractivity contribution in [2.75, 3.05) is 13.7 Å². The van der Waals surface area contributed by atoms with Crippen LogP contribution >= 0.6 is 0 Å². The Kier molecular flexibility index (Phi) is 9.86. The molecular formula is C33H53NO5. The maximum absolute atomic E-state index is 12.5. The van der Waals surface area contributed by atoms with E-state index in [4.69, 9.17) is 4.74 Å². The van der Waals surface area contributed by atoms with E-state index in [9.17, 15) is 14.4 Å². The van der Waals surface area contributed by atoms with Crippen molar-refractivity contribution >= 4 is 17.8 Å². The maximum Gasteiger partial charge on any atom is 0.305 e. The second-order valence-electron chi connectivity index (χ2n) is 13.7. The Morgan fingerprint density at radius 2 is 1.82 bits per heavy atom. The van der Waals surface area contributed by atoms with Crippen LogP contribution in [0, 0.1) is 40.4 Å². The van der Waals surface area contributed by atoms with Gasteiger partial charge in [-0.3, -0.25) is 14.4 Å². The van der Waals surface area contributed by atoms with Gasteiger partial charge in [0.15, 0.2) is 0 Å². The summed E-state index contributed by atoms with van der Waals surface area (Å²) in [5, 5.41) is 3.09. The van der Waals surface area contributed by atoms with Gasteiger partial charge in [0.2, 0.25) is 5.91 Å². The molecule has 220 valence electrons. The number of amides is 1. The van der Waals surface area contributed by atoms with Crippen LogP contribution in [0.4, 0.5) is 0 Å². The molecule has 0 saturated heterocycles. The lowest BCUT2D eigenvalue weighted by atomic mass is 9.47. The highest BCUT2D eigenvalue weighted by atomic mass is 16.5. The SMILES string of the molecule is COC(=O)CCCCCNC(=O)CC[C@@H](C)[C@H]1CC[C@H]2[C@@H]3CC=C4C[C@@H](OC(C)=O)CC[C@]4(C)[C@H]3CC[C@]12C. The number of ether oxygens (including phenoxy) is 2. The summed E-state index contributed by atoms with van der Waals surface area (Å²) in [6.45, 7) is 9.70. The number of unbranched alkanes of at least 4 members (excludes halogenated alkanes) is 2. The number of fused-ring (bicyclic) bond motifs is 5. The first-order chi connectivity index (χ1) is 18.6. The van der Waals surface area contributed by atoms with Crippen LogP contribution < -0.4 is 5.32 Å². The van der Waals surface area contributed by atoms with E-state index in [2.05, 4.69) is 36.9 Å². The van der Waals surface area contributed by atoms with Gasteiger partial charge in [0, 0.05) is 32.7 Å². The van der Waals surface area contributed by atoms with E-state index in [1.165, 1.54) is 46.1 Å². The summed E-state index contributed by atoms with van der Waals surface area (Å²) in [5.41, 5.74) is 2.21. The summed E-state index contributed by atoms with van der Waals surface area (Å²) < 4.78 is 10.3. The number of hydrogen-bond acceptors (Lipinski definition) is 5. The van der Waals surface area contributed by atoms with Gasteiger partial charge < -0.3 is 14.8 Å². The van der Waals surface area contributed by atoms with Gasteiger partial charge in [0.25, 0.3) is 0 Å². The molecule has 0 aromatic carbocycles. The molecule has 6 heteroatoms. The quantitative estimate of drug-likeness (QED) is 0.177. The summed E-state index contributed by atoms with van der Waals surface area (Å²) in [6.07, 6.45) is 16.8. The number of carbonyl (C=O) groups is 3. The van der Waals surface area contributed by atoms with Gasteiger partial charge in [-0.2, -0.15) is 0 Å². The van der Waals surface area contributed by atoms with Crippen molar-refractivity contribution in [3.05, 3.63) is 11.6 Å². The number of carbonyl (C=O) groups excluding carboxylic acids is 3. The van der Waals surface area contributed by atoms with Gasteiger partial charge >= 0.3 is 11.9 Å². The second kappa shape index (κ2) is 12.8. The van der Waals surface area contributed by atoms with Crippen LogP contribution in [0.2, 0.25) is 0 Å². The Labute approximate surface area is 236 Å². The van der Waals surface area contributed by atoms with E-state index in [0.717, 1.165) is 62.7 Å². The zero-order valence-electron chi connectivity index (χ0n) is 25.2. The van der Waals surface area contributed by atoms with Crippen molar-refractivity contribution in [2.24, 2.45) is 40.4 Å². The van der Waals surface area contributed by atoms with Crippen LogP contribution in [0.25, 0.3) is 0 Å². The van der Waals surface area contributed by atoms with Crippen LogP contribution in [0.5, 0.6) is 0 Å². The molecule has 0 aliphatic heterocycles. The maximum atomic E-state index is 12.5. The molecule has 0 bridgehead atoms. The topological polar surface area (TPSA) is 81.7 Å². The normalized spacial score (nSPS) is 36.0. The molecule has 1 N–H and O–H groups in total. The number of esters is 2. The third kappa shape index (κ3) is 6.56. The van der Waals surface area contributed by atoms with Crippen LogP contribution in [0.15, 0.2) is 11.6 Å². The molecule has 0 radical (unpaired) electrons. The van der Waals surface area contributed by atoms with Gasteiger partial charge in [-0.1, -0.05) is 38.8 Å². The fourth-order valence-electron chi connectivity index (χ4n) is 9.49. The van der Waals surface area contributed by atoms with E-state index in [1.54, 1.807) is 5.57 Å². The first kappa shape index (κ1) is 30.1. The predicted octanol–water partition coefficient (Wildman–Crippen LogP) is 6.76. The highest BCUT2D eigenvalue weighted by molar-refractivity contribution is 5.75. The zero-order chi connectivity index (χ0) is 28.2. The molecule has 0 spiro atoms. The second-order valence-corrected chi connectivity index (χ2v) is 13.7. The zero-order valence-corrected chi connectivity index (χ0v) is 25.2. The lowest BCUT2D eigenvalue weighted by molar-refractivity contribution is -0.148. The van der Waals surface area contributed by atoms with Crippen LogP contribution in [0.3, 0.4) is 0 Å². The van der Waals surface area contributed by atoms with Crippen molar-refractivity contribution in [2.45, 2.75) is 124 Å². The average Bonchev–Trinajstić information content (AvgIpc) is 3.26. The smallest absolute Gasteiger partial charge is 0.305 e. The first-order valence-corrected chi connectivity index (χ1v) is 15.8. The molecule has 3 saturated carbocycles. The Bertz CT molecular complexity index is 929. The summed E-state index contributed by atoms with van der Waals surface area (Å²) in [5.74, 6) is 3.42. The summed E-state index contributed by atoms with van der Waals surface area (Å²) >= 11 is 0. The van der Waals surface area contributed by atoms with Gasteiger partial charge in [0.1, 0.15) is 6.10 Å². The summed E-state index contributed by atoms with van der Waals surface area (Å²) in [4.78, 5) is 35.3. The Morgan fingerprint density at radius 1 is 1.03 bits per heavy atom. The molecule has 1 amide bonds. The van der Waals surface area contributed by atoms with Crippen molar-refractivity contribution in [3.63, 3.8) is 0 Å². The van der Waals surface area contributed by atoms with Crippen molar-refractivity contribution < 1.29 is 23.9 Å². The van der Waals surface area contributed by atoms with E-state index in [-0.39, 0.29) is 29.4 Å². The molecule has 0 unspecified atom stereocenters. The minimum Gasteiger partial charge on any atom is -0.469 e. The summed E-state index contributed by atoms with van der Waals surface area (Å²) in [6, 6.07) is 0. The molecule has 4 rings (SSSR count). The fourth-order valence-corrected chi connectivity index (χ4v) is 9.49. The molecule has 39 heavy (non-hydrogen) atoms. The van der Waals surface area contributed by atoms with Crippen LogP contribution in [-0.2, 0) is 23.9 Å². The lowest BCUT2D eigenvalue weighted by Crippen LogP contribution is -2.51. The van der Waals surface area contributed by atoms with Gasteiger partial charge in [0.05, 0.1) is 7.11 Å². The first-order valence-electron chi connectivity index (χ1n) is 15.8. The number of methoxy groups -OCH3 is 1. The monoisotopic (exact) mass is 543 g/mol. The van der Waals surface area contributed by atoms with Crippen LogP contribution in [-0.4, -0.2) is 37.6 Å². The Morgan fingerprint density at radius 3 is 2.56 bits per heavy atom. The minimum absolute atomic E-state index is 0.0627. The molecule has 6 nitrogen and oxygen atoms in total. The molecule has 0 heterocycles. The predicted molar refractivity (Wildman–Crippen MR) is 153 cm³/mol. The Hall–Kier alpha value is -1.85. The summed E-state index contributed by atoms with van der Waals surface area (Å²) in [7, 11) is 1.42. The van der Waals surface area contributed by atoms with Gasteiger partial charge in [-0.15, -0.1) is 0 Å². The van der Waals surface area contributed by atoms with E-state index < -0.39 is 0 Å². The highest BCUT2D eigenvalue weighted by Gasteiger charge is 2.59. The molecular weight excluding hydrogens is 490 g/mol. The van der Waals surface area contributed by atoms with Crippen molar-refractivity contribution in [1.82, 2.24) is 5.32 Å². The molecule has 8 atom stereocenters. The largest absolute Gasteiger partial charge is 0.469 e. The minimum atomic E-state index is -0.161. The molecule has 0 aromatic heterocycles. The number of nitrogens with one attached hydrogen (secondary N) is 1. The number of allylic oxidation sites excluding steroid dienone is 1. The number of rotatable bonds is 11. The van der Waals surface area contributed by atoms with E-state index >= 15 is 0 Å². The third-order valence-corrected chi connectivity index (χ3v) is 11.6. The van der Waals surface area contributed by atoms with E-state index in [0.29, 0.717) is 36.6 Å². The number of hydrogen-bond donors (Lipinski definition) is 1. The van der Waals surface area contributed by atoms with Gasteiger partial charge in [-0.05, 0) is 105 Å². The molecule has 3 fully saturated rings. The Balaban J connectivity index is 1.27. The standard InChI is InChI=1S/C33H53NO5/c1-22(10-15-30(36)34-20-8-6-7-9-31(37)38-5)27-13-14-28-26-12-11-24-21-25(39-23(2)35)16-18-32(24,3)29(26)17-19-33(27,28)4/h11,22,25-29H,6-10,12-21H2,1-5H3,(H,34,36)/t22-,25+,26+,27-,28+,29+,32+,33-/m1/s1. The third-order valence-electron chi connectivity index (χ3n) is 11.6. The van der Waals surface area contributed by atoms with Crippen molar-refractivity contribution in [1.29, 1.82) is 0 Å². The van der Waals surface area contributed by atoms with E-state index in [1.807, 2.05) is 0 Å². The highest BCUT2D eigenvalue weighted by Crippen LogP contribution is 2.67.